The zero-order valence-corrected chi connectivity index (χ0v) is 16.1. The van der Waals surface area contributed by atoms with E-state index < -0.39 is 5.60 Å². The number of rotatable bonds is 5. The summed E-state index contributed by atoms with van der Waals surface area (Å²) in [6, 6.07) is 15.5. The highest BCUT2D eigenvalue weighted by molar-refractivity contribution is 5.30. The minimum absolute atomic E-state index is 0.155. The summed E-state index contributed by atoms with van der Waals surface area (Å²) in [6.07, 6.45) is 3.45. The van der Waals surface area contributed by atoms with Gasteiger partial charge in [-0.05, 0) is 63.3 Å². The van der Waals surface area contributed by atoms with Gasteiger partial charge in [0.25, 0.3) is 0 Å². The maximum Gasteiger partial charge on any atom is 0.129 e. The van der Waals surface area contributed by atoms with E-state index in [1.165, 1.54) is 11.6 Å². The second-order valence-corrected chi connectivity index (χ2v) is 8.29. The number of nitrogens with zero attached hydrogens (tertiary/aromatic N) is 1. The molecule has 2 atom stereocenters. The van der Waals surface area contributed by atoms with Crippen LogP contribution in [0.5, 0.6) is 5.75 Å². The van der Waals surface area contributed by atoms with E-state index in [1.807, 2.05) is 32.0 Å². The molecule has 0 spiro atoms. The van der Waals surface area contributed by atoms with Crippen molar-refractivity contribution in [3.63, 3.8) is 0 Å². The van der Waals surface area contributed by atoms with Crippen molar-refractivity contribution in [2.24, 2.45) is 0 Å². The predicted octanol–water partition coefficient (Wildman–Crippen LogP) is 4.63. The van der Waals surface area contributed by atoms with E-state index >= 15 is 0 Å². The van der Waals surface area contributed by atoms with E-state index in [1.54, 1.807) is 12.1 Å². The maximum absolute atomic E-state index is 14.3. The number of fused-ring (bicyclic) bond motifs is 2. The highest BCUT2D eigenvalue weighted by atomic mass is 19.1. The SMILES string of the molecule is CC(C)Oc1cccc(CN2[C@@H]3CC[C@@H]2CC(O)(c2ccccc2F)C3)c1. The first-order valence-corrected chi connectivity index (χ1v) is 9.93. The molecule has 0 unspecified atom stereocenters. The second-order valence-electron chi connectivity index (χ2n) is 8.29. The molecule has 0 aromatic heterocycles. The summed E-state index contributed by atoms with van der Waals surface area (Å²) in [5, 5.41) is 11.2. The third kappa shape index (κ3) is 3.74. The van der Waals surface area contributed by atoms with E-state index in [-0.39, 0.29) is 24.0 Å². The van der Waals surface area contributed by atoms with Crippen LogP contribution in [0.15, 0.2) is 48.5 Å². The zero-order valence-electron chi connectivity index (χ0n) is 16.1. The van der Waals surface area contributed by atoms with E-state index in [0.29, 0.717) is 18.4 Å². The molecule has 4 rings (SSSR count). The third-order valence-corrected chi connectivity index (χ3v) is 5.93. The average molecular weight is 369 g/mol. The van der Waals surface area contributed by atoms with E-state index in [4.69, 9.17) is 4.74 Å². The number of aliphatic hydroxyl groups is 1. The summed E-state index contributed by atoms with van der Waals surface area (Å²) in [5.74, 6) is 0.598. The van der Waals surface area contributed by atoms with Crippen LogP contribution in [0.2, 0.25) is 0 Å². The van der Waals surface area contributed by atoms with Crippen molar-refractivity contribution >= 4 is 0 Å². The molecule has 2 aliphatic rings. The molecule has 2 heterocycles. The van der Waals surface area contributed by atoms with Crippen LogP contribution in [0.4, 0.5) is 4.39 Å². The fourth-order valence-corrected chi connectivity index (χ4v) is 4.83. The molecule has 3 nitrogen and oxygen atoms in total. The molecule has 2 aromatic carbocycles. The Morgan fingerprint density at radius 1 is 1.11 bits per heavy atom. The third-order valence-electron chi connectivity index (χ3n) is 5.93. The molecule has 2 aromatic rings. The fraction of sp³-hybridized carbons (Fsp3) is 0.478. The van der Waals surface area contributed by atoms with E-state index in [0.717, 1.165) is 25.1 Å². The lowest BCUT2D eigenvalue weighted by Crippen LogP contribution is -2.49. The summed E-state index contributed by atoms with van der Waals surface area (Å²) >= 11 is 0. The molecule has 0 saturated carbocycles. The lowest BCUT2D eigenvalue weighted by atomic mass is 9.80. The molecule has 144 valence electrons. The van der Waals surface area contributed by atoms with E-state index in [2.05, 4.69) is 17.0 Å². The van der Waals surface area contributed by atoms with E-state index in [9.17, 15) is 9.50 Å². The van der Waals surface area contributed by atoms with Gasteiger partial charge < -0.3 is 9.84 Å². The number of benzene rings is 2. The fourth-order valence-electron chi connectivity index (χ4n) is 4.83. The van der Waals surface area contributed by atoms with Gasteiger partial charge in [-0.15, -0.1) is 0 Å². The van der Waals surface area contributed by atoms with Crippen LogP contribution in [0.1, 0.15) is 50.7 Å². The Morgan fingerprint density at radius 2 is 1.81 bits per heavy atom. The Kier molecular flexibility index (Phi) is 4.95. The van der Waals surface area contributed by atoms with Gasteiger partial charge in [-0.1, -0.05) is 30.3 Å². The molecule has 0 aliphatic carbocycles. The average Bonchev–Trinajstić information content (AvgIpc) is 2.86. The molecule has 2 saturated heterocycles. The zero-order chi connectivity index (χ0) is 19.0. The molecule has 0 amide bonds. The lowest BCUT2D eigenvalue weighted by molar-refractivity contribution is -0.0615. The minimum Gasteiger partial charge on any atom is -0.491 e. The second kappa shape index (κ2) is 7.25. The molecule has 1 N–H and O–H groups in total. The number of piperidine rings is 1. The quantitative estimate of drug-likeness (QED) is 0.834. The molecule has 2 aliphatic heterocycles. The van der Waals surface area contributed by atoms with Crippen LogP contribution >= 0.6 is 0 Å². The van der Waals surface area contributed by atoms with Crippen molar-refractivity contribution < 1.29 is 14.2 Å². The van der Waals surface area contributed by atoms with Crippen molar-refractivity contribution in [2.45, 2.75) is 69.9 Å². The Balaban J connectivity index is 1.51. The van der Waals surface area contributed by atoms with Crippen molar-refractivity contribution in [2.75, 3.05) is 0 Å². The number of hydrogen-bond acceptors (Lipinski definition) is 3. The van der Waals surface area contributed by atoms with Gasteiger partial charge in [-0.25, -0.2) is 4.39 Å². The van der Waals surface area contributed by atoms with Crippen molar-refractivity contribution in [1.29, 1.82) is 0 Å². The normalized spacial score (nSPS) is 27.9. The summed E-state index contributed by atoms with van der Waals surface area (Å²) in [7, 11) is 0. The molecule has 2 bridgehead atoms. The molecule has 0 radical (unpaired) electrons. The Hall–Kier alpha value is -1.91. The van der Waals surface area contributed by atoms with Crippen LogP contribution in [0.25, 0.3) is 0 Å². The Labute approximate surface area is 160 Å². The summed E-state index contributed by atoms with van der Waals surface area (Å²) in [5.41, 5.74) is 0.617. The molecular formula is C23H28FNO2. The highest BCUT2D eigenvalue weighted by Gasteiger charge is 2.48. The van der Waals surface area contributed by atoms with Crippen LogP contribution in [-0.4, -0.2) is 28.2 Å². The standard InChI is InChI=1S/C23H28FNO2/c1-16(2)27-20-7-5-6-17(12-20)15-25-18-10-11-19(25)14-23(26,13-18)21-8-3-4-9-22(21)24/h3-9,12,16,18-19,26H,10-11,13-15H2,1-2H3/t18-,19-/m1/s1. The van der Waals surface area contributed by atoms with Gasteiger partial charge in [0.1, 0.15) is 11.6 Å². The van der Waals surface area contributed by atoms with Gasteiger partial charge in [0.15, 0.2) is 0 Å². The highest BCUT2D eigenvalue weighted by Crippen LogP contribution is 2.46. The molecule has 27 heavy (non-hydrogen) atoms. The monoisotopic (exact) mass is 369 g/mol. The first kappa shape index (κ1) is 18.5. The first-order valence-electron chi connectivity index (χ1n) is 9.93. The largest absolute Gasteiger partial charge is 0.491 e. The van der Waals surface area contributed by atoms with Crippen LogP contribution in [0, 0.1) is 5.82 Å². The van der Waals surface area contributed by atoms with Crippen molar-refractivity contribution in [1.82, 2.24) is 4.90 Å². The number of halogens is 1. The molecule has 2 fully saturated rings. The minimum atomic E-state index is -1.06. The molecular weight excluding hydrogens is 341 g/mol. The van der Waals surface area contributed by atoms with Gasteiger partial charge in [-0.2, -0.15) is 0 Å². The van der Waals surface area contributed by atoms with Crippen LogP contribution < -0.4 is 4.74 Å². The van der Waals surface area contributed by atoms with Crippen LogP contribution in [-0.2, 0) is 12.1 Å². The lowest BCUT2D eigenvalue weighted by Gasteiger charge is -2.44. The summed E-state index contributed by atoms with van der Waals surface area (Å²) in [4.78, 5) is 2.49. The first-order chi connectivity index (χ1) is 12.9. The Morgan fingerprint density at radius 3 is 2.48 bits per heavy atom. The number of hydrogen-bond donors (Lipinski definition) is 1. The molecule has 4 heteroatoms. The van der Waals surface area contributed by atoms with Gasteiger partial charge in [0, 0.05) is 24.2 Å². The van der Waals surface area contributed by atoms with Gasteiger partial charge in [-0.3, -0.25) is 4.90 Å². The van der Waals surface area contributed by atoms with Gasteiger partial charge in [0.2, 0.25) is 0 Å². The summed E-state index contributed by atoms with van der Waals surface area (Å²) in [6.45, 7) is 4.90. The maximum atomic E-state index is 14.3. The van der Waals surface area contributed by atoms with Gasteiger partial charge >= 0.3 is 0 Å². The van der Waals surface area contributed by atoms with Crippen molar-refractivity contribution in [3.8, 4) is 5.75 Å². The summed E-state index contributed by atoms with van der Waals surface area (Å²) < 4.78 is 20.1. The topological polar surface area (TPSA) is 32.7 Å². The van der Waals surface area contributed by atoms with Crippen molar-refractivity contribution in [3.05, 3.63) is 65.5 Å². The number of ether oxygens (including phenoxy) is 1. The Bertz CT molecular complexity index is 792. The predicted molar refractivity (Wildman–Crippen MR) is 104 cm³/mol. The van der Waals surface area contributed by atoms with Crippen LogP contribution in [0.3, 0.4) is 0 Å². The smallest absolute Gasteiger partial charge is 0.129 e. The van der Waals surface area contributed by atoms with Gasteiger partial charge in [0.05, 0.1) is 11.7 Å².